The van der Waals surface area contributed by atoms with E-state index in [2.05, 4.69) is 4.74 Å². The number of hydrogen-bond donors (Lipinski definition) is 0. The second kappa shape index (κ2) is 6.62. The van der Waals surface area contributed by atoms with E-state index >= 15 is 0 Å². The van der Waals surface area contributed by atoms with E-state index in [4.69, 9.17) is 4.74 Å². The van der Waals surface area contributed by atoms with Crippen molar-refractivity contribution < 1.29 is 22.6 Å². The summed E-state index contributed by atoms with van der Waals surface area (Å²) in [7, 11) is 0. The summed E-state index contributed by atoms with van der Waals surface area (Å²) >= 11 is 0. The molecule has 1 aromatic rings. The van der Waals surface area contributed by atoms with Gasteiger partial charge in [0.25, 0.3) is 0 Å². The van der Waals surface area contributed by atoms with Crippen LogP contribution in [0.1, 0.15) is 49.7 Å². The highest BCUT2D eigenvalue weighted by Gasteiger charge is 2.34. The summed E-state index contributed by atoms with van der Waals surface area (Å²) in [6.07, 6.45) is 2.99. The second-order valence-electron chi connectivity index (χ2n) is 6.83. The van der Waals surface area contributed by atoms with Crippen molar-refractivity contribution in [1.82, 2.24) is 0 Å². The molecule has 0 N–H and O–H groups in total. The van der Waals surface area contributed by atoms with Crippen LogP contribution >= 0.6 is 0 Å². The summed E-state index contributed by atoms with van der Waals surface area (Å²) in [5.74, 6) is 1.11. The molecule has 5 heteroatoms. The summed E-state index contributed by atoms with van der Waals surface area (Å²) in [6.45, 7) is 2.16. The van der Waals surface area contributed by atoms with Gasteiger partial charge in [0, 0.05) is 0 Å². The first kappa shape index (κ1) is 16.5. The smallest absolute Gasteiger partial charge is 0.489 e. The molecule has 0 heterocycles. The van der Waals surface area contributed by atoms with Crippen molar-refractivity contribution in [3.05, 3.63) is 23.3 Å². The molecule has 23 heavy (non-hydrogen) atoms. The lowest BCUT2D eigenvalue weighted by atomic mass is 10.0. The minimum Gasteiger partial charge on any atom is -0.489 e. The molecule has 1 aromatic carbocycles. The fourth-order valence-corrected chi connectivity index (χ4v) is 3.30. The van der Waals surface area contributed by atoms with Gasteiger partial charge in [0.2, 0.25) is 0 Å². The molecular formula is C18H23F3O2. The number of ether oxygens (including phenoxy) is 2. The van der Waals surface area contributed by atoms with E-state index < -0.39 is 6.36 Å². The van der Waals surface area contributed by atoms with Crippen molar-refractivity contribution in [1.29, 1.82) is 0 Å². The van der Waals surface area contributed by atoms with Crippen molar-refractivity contribution in [2.75, 3.05) is 6.61 Å². The molecule has 0 saturated heterocycles. The Labute approximate surface area is 135 Å². The number of hydrogen-bond acceptors (Lipinski definition) is 2. The topological polar surface area (TPSA) is 18.5 Å². The van der Waals surface area contributed by atoms with Crippen LogP contribution in [0.15, 0.2) is 12.1 Å². The van der Waals surface area contributed by atoms with Gasteiger partial charge in [0.15, 0.2) is 11.5 Å². The van der Waals surface area contributed by atoms with Crippen LogP contribution < -0.4 is 9.47 Å². The average molecular weight is 328 g/mol. The second-order valence-corrected chi connectivity index (χ2v) is 6.83. The molecule has 0 unspecified atom stereocenters. The predicted octanol–water partition coefficient (Wildman–Crippen LogP) is 5.42. The Balaban J connectivity index is 1.78. The van der Waals surface area contributed by atoms with Crippen LogP contribution in [0.4, 0.5) is 13.2 Å². The number of halogens is 3. The highest BCUT2D eigenvalue weighted by Crippen LogP contribution is 2.41. The number of rotatable bonds is 6. The molecule has 0 aromatic heterocycles. The molecule has 2 saturated carbocycles. The van der Waals surface area contributed by atoms with Gasteiger partial charge in [0.05, 0.1) is 6.61 Å². The highest BCUT2D eigenvalue weighted by atomic mass is 19.4. The van der Waals surface area contributed by atoms with E-state index in [0.29, 0.717) is 24.0 Å². The molecule has 2 fully saturated rings. The zero-order chi connectivity index (χ0) is 16.4. The van der Waals surface area contributed by atoms with Crippen molar-refractivity contribution in [3.8, 4) is 11.5 Å². The molecule has 0 aliphatic heterocycles. The third kappa shape index (κ3) is 4.55. The van der Waals surface area contributed by atoms with Crippen molar-refractivity contribution in [2.45, 2.75) is 58.2 Å². The molecular weight excluding hydrogens is 305 g/mol. The van der Waals surface area contributed by atoms with E-state index in [-0.39, 0.29) is 11.5 Å². The Morgan fingerprint density at radius 3 is 2.35 bits per heavy atom. The van der Waals surface area contributed by atoms with E-state index in [1.54, 1.807) is 13.0 Å². The molecule has 0 bridgehead atoms. The first-order chi connectivity index (χ1) is 10.9. The van der Waals surface area contributed by atoms with Crippen LogP contribution in [0, 0.1) is 18.8 Å². The third-order valence-electron chi connectivity index (χ3n) is 4.85. The Kier molecular flexibility index (Phi) is 4.74. The summed E-state index contributed by atoms with van der Waals surface area (Å²) < 4.78 is 48.3. The van der Waals surface area contributed by atoms with Crippen molar-refractivity contribution >= 4 is 0 Å². The molecule has 2 aliphatic rings. The monoisotopic (exact) mass is 328 g/mol. The van der Waals surface area contributed by atoms with Gasteiger partial charge in [-0.3, -0.25) is 0 Å². The Hall–Kier alpha value is -1.39. The lowest BCUT2D eigenvalue weighted by Crippen LogP contribution is -2.19. The minimum atomic E-state index is -4.70. The Morgan fingerprint density at radius 2 is 1.74 bits per heavy atom. The zero-order valence-electron chi connectivity index (χ0n) is 13.4. The quantitative estimate of drug-likeness (QED) is 0.694. The Bertz CT molecular complexity index is 544. The third-order valence-corrected chi connectivity index (χ3v) is 4.85. The van der Waals surface area contributed by atoms with Gasteiger partial charge >= 0.3 is 6.36 Å². The lowest BCUT2D eigenvalue weighted by molar-refractivity contribution is -0.275. The van der Waals surface area contributed by atoms with Gasteiger partial charge in [0.1, 0.15) is 0 Å². The fraction of sp³-hybridized carbons (Fsp3) is 0.667. The van der Waals surface area contributed by atoms with Gasteiger partial charge in [-0.05, 0) is 68.1 Å². The fourth-order valence-electron chi connectivity index (χ4n) is 3.30. The van der Waals surface area contributed by atoms with Crippen molar-refractivity contribution in [2.24, 2.45) is 11.8 Å². The van der Waals surface area contributed by atoms with Gasteiger partial charge in [-0.2, -0.15) is 0 Å². The summed E-state index contributed by atoms with van der Waals surface area (Å²) in [6, 6.07) is 3.53. The van der Waals surface area contributed by atoms with E-state index in [1.165, 1.54) is 12.8 Å². The molecule has 3 rings (SSSR count). The molecule has 0 amide bonds. The van der Waals surface area contributed by atoms with Crippen LogP contribution in [-0.4, -0.2) is 13.0 Å². The number of alkyl halides is 3. The van der Waals surface area contributed by atoms with Crippen LogP contribution in [-0.2, 0) is 6.42 Å². The normalized spacial score (nSPS) is 19.1. The van der Waals surface area contributed by atoms with Gasteiger partial charge in [-0.1, -0.05) is 18.9 Å². The average Bonchev–Trinajstić information content (AvgIpc) is 3.13. The summed E-state index contributed by atoms with van der Waals surface area (Å²) in [4.78, 5) is 0. The van der Waals surface area contributed by atoms with E-state index in [9.17, 15) is 13.2 Å². The van der Waals surface area contributed by atoms with Gasteiger partial charge in [-0.15, -0.1) is 13.2 Å². The maximum absolute atomic E-state index is 12.8. The maximum atomic E-state index is 12.8. The molecule has 0 atom stereocenters. The lowest BCUT2D eigenvalue weighted by Gasteiger charge is -2.20. The maximum Gasteiger partial charge on any atom is 0.573 e. The van der Waals surface area contributed by atoms with E-state index in [0.717, 1.165) is 37.7 Å². The summed E-state index contributed by atoms with van der Waals surface area (Å²) in [5, 5.41) is 0. The standard InChI is InChI=1S/C18H23F3O2/c1-12-15(10-13-6-7-13)8-9-16(17(12)23-18(19,20)21)22-11-14-4-2-3-5-14/h8-9,13-14H,2-7,10-11H2,1H3. The largest absolute Gasteiger partial charge is 0.573 e. The highest BCUT2D eigenvalue weighted by molar-refractivity contribution is 5.50. The summed E-state index contributed by atoms with van der Waals surface area (Å²) in [5.41, 5.74) is 1.48. The van der Waals surface area contributed by atoms with E-state index in [1.807, 2.05) is 6.07 Å². The predicted molar refractivity (Wildman–Crippen MR) is 81.7 cm³/mol. The molecule has 128 valence electrons. The molecule has 2 aliphatic carbocycles. The van der Waals surface area contributed by atoms with Crippen LogP contribution in [0.3, 0.4) is 0 Å². The zero-order valence-corrected chi connectivity index (χ0v) is 13.4. The van der Waals surface area contributed by atoms with Gasteiger partial charge in [-0.25, -0.2) is 0 Å². The molecule has 2 nitrogen and oxygen atoms in total. The first-order valence-corrected chi connectivity index (χ1v) is 8.43. The van der Waals surface area contributed by atoms with Crippen LogP contribution in [0.25, 0.3) is 0 Å². The molecule has 0 spiro atoms. The van der Waals surface area contributed by atoms with Crippen molar-refractivity contribution in [3.63, 3.8) is 0 Å². The SMILES string of the molecule is Cc1c(CC2CC2)ccc(OCC2CCCC2)c1OC(F)(F)F. The molecule has 0 radical (unpaired) electrons. The van der Waals surface area contributed by atoms with Gasteiger partial charge < -0.3 is 9.47 Å². The first-order valence-electron chi connectivity index (χ1n) is 8.43. The minimum absolute atomic E-state index is 0.159. The number of benzene rings is 1. The van der Waals surface area contributed by atoms with Crippen LogP contribution in [0.2, 0.25) is 0 Å². The Morgan fingerprint density at radius 1 is 1.04 bits per heavy atom. The van der Waals surface area contributed by atoms with Crippen LogP contribution in [0.5, 0.6) is 11.5 Å².